The van der Waals surface area contributed by atoms with E-state index >= 15 is 0 Å². The Morgan fingerprint density at radius 2 is 1.84 bits per heavy atom. The minimum atomic E-state index is 0.535. The van der Waals surface area contributed by atoms with Gasteiger partial charge in [-0.15, -0.1) is 0 Å². The lowest BCUT2D eigenvalue weighted by atomic mass is 10.0. The third kappa shape index (κ3) is 2.80. The Kier molecular flexibility index (Phi) is 3.51. The number of likely N-dealkylation sites (tertiary alicyclic amines) is 1. The van der Waals surface area contributed by atoms with Crippen molar-refractivity contribution in [1.82, 2.24) is 25.0 Å². The number of hydrogen-bond donors (Lipinski definition) is 0. The molecule has 2 saturated heterocycles. The summed E-state index contributed by atoms with van der Waals surface area (Å²) >= 11 is 0. The van der Waals surface area contributed by atoms with Crippen LogP contribution in [0.5, 0.6) is 0 Å². The molecule has 7 heteroatoms. The van der Waals surface area contributed by atoms with Crippen LogP contribution in [0.25, 0.3) is 0 Å². The van der Waals surface area contributed by atoms with Crippen LogP contribution < -0.4 is 4.90 Å². The molecule has 1 aliphatic carbocycles. The largest absolute Gasteiger partial charge is 0.356 e. The van der Waals surface area contributed by atoms with Crippen molar-refractivity contribution in [2.24, 2.45) is 11.8 Å². The molecule has 1 saturated carbocycles. The van der Waals surface area contributed by atoms with E-state index in [1.54, 1.807) is 6.33 Å². The van der Waals surface area contributed by atoms with Crippen molar-refractivity contribution in [3.05, 3.63) is 29.3 Å². The number of nitrogens with zero attached hydrogens (tertiary/aromatic N) is 6. The zero-order chi connectivity index (χ0) is 17.0. The first-order chi connectivity index (χ1) is 12.2. The monoisotopic (exact) mass is 340 g/mol. The van der Waals surface area contributed by atoms with Crippen LogP contribution in [0.2, 0.25) is 0 Å². The van der Waals surface area contributed by atoms with Crippen molar-refractivity contribution in [3.63, 3.8) is 0 Å². The van der Waals surface area contributed by atoms with E-state index in [0.29, 0.717) is 17.8 Å². The Morgan fingerprint density at radius 1 is 1.08 bits per heavy atom. The van der Waals surface area contributed by atoms with E-state index in [1.807, 2.05) is 0 Å². The maximum atomic E-state index is 5.38. The summed E-state index contributed by atoms with van der Waals surface area (Å²) in [6.07, 6.45) is 4.09. The zero-order valence-corrected chi connectivity index (χ0v) is 14.9. The first-order valence-electron chi connectivity index (χ1n) is 9.25. The lowest BCUT2D eigenvalue weighted by molar-refractivity contribution is 0.291. The standard InChI is InChI=1S/C18H24N6O/c1-11-12(2)19-10-20-17(11)24-7-14-5-23(6-15(14)8-24)9-16-21-18(25-22-16)13-3-4-13/h10,13-15H,3-9H2,1-2H3. The van der Waals surface area contributed by atoms with Gasteiger partial charge in [0.2, 0.25) is 5.89 Å². The van der Waals surface area contributed by atoms with E-state index in [4.69, 9.17) is 4.52 Å². The number of aromatic nitrogens is 4. The minimum absolute atomic E-state index is 0.535. The number of rotatable bonds is 4. The molecule has 0 N–H and O–H groups in total. The molecule has 4 heterocycles. The Hall–Kier alpha value is -2.02. The zero-order valence-electron chi connectivity index (χ0n) is 14.9. The summed E-state index contributed by atoms with van der Waals surface area (Å²) in [6, 6.07) is 0. The van der Waals surface area contributed by atoms with Gasteiger partial charge in [0.25, 0.3) is 0 Å². The Labute approximate surface area is 147 Å². The van der Waals surface area contributed by atoms with Crippen LogP contribution in [0, 0.1) is 25.7 Å². The molecule has 0 amide bonds. The summed E-state index contributed by atoms with van der Waals surface area (Å²) in [7, 11) is 0. The summed E-state index contributed by atoms with van der Waals surface area (Å²) in [5.74, 6) is 4.73. The van der Waals surface area contributed by atoms with Gasteiger partial charge in [0, 0.05) is 43.4 Å². The Morgan fingerprint density at radius 3 is 2.56 bits per heavy atom. The van der Waals surface area contributed by atoms with Gasteiger partial charge in [0.15, 0.2) is 5.82 Å². The van der Waals surface area contributed by atoms with Crippen molar-refractivity contribution in [2.45, 2.75) is 39.2 Å². The third-order valence-electron chi connectivity index (χ3n) is 5.95. The molecule has 2 unspecified atom stereocenters. The van der Waals surface area contributed by atoms with Crippen LogP contribution >= 0.6 is 0 Å². The van der Waals surface area contributed by atoms with Gasteiger partial charge in [-0.2, -0.15) is 4.98 Å². The molecule has 0 radical (unpaired) electrons. The summed E-state index contributed by atoms with van der Waals surface area (Å²) in [4.78, 5) is 18.3. The molecule has 7 nitrogen and oxygen atoms in total. The number of anilines is 1. The first kappa shape index (κ1) is 15.3. The van der Waals surface area contributed by atoms with E-state index in [2.05, 4.69) is 43.8 Å². The van der Waals surface area contributed by atoms with Crippen LogP contribution in [0.3, 0.4) is 0 Å². The van der Waals surface area contributed by atoms with E-state index in [1.165, 1.54) is 18.4 Å². The topological polar surface area (TPSA) is 71.2 Å². The van der Waals surface area contributed by atoms with Crippen LogP contribution in [0.15, 0.2) is 10.9 Å². The van der Waals surface area contributed by atoms with Gasteiger partial charge in [0.05, 0.1) is 6.54 Å². The molecular weight excluding hydrogens is 316 g/mol. The number of aryl methyl sites for hydroxylation is 1. The van der Waals surface area contributed by atoms with Crippen LogP contribution in [0.1, 0.15) is 41.7 Å². The fourth-order valence-electron chi connectivity index (χ4n) is 4.26. The highest BCUT2D eigenvalue weighted by molar-refractivity contribution is 5.48. The second kappa shape index (κ2) is 5.76. The van der Waals surface area contributed by atoms with Crippen LogP contribution in [-0.4, -0.2) is 51.2 Å². The quantitative estimate of drug-likeness (QED) is 0.842. The van der Waals surface area contributed by atoms with Crippen molar-refractivity contribution in [2.75, 3.05) is 31.1 Å². The second-order valence-electron chi connectivity index (χ2n) is 7.85. The molecule has 2 aromatic heterocycles. The van der Waals surface area contributed by atoms with E-state index < -0.39 is 0 Å². The SMILES string of the molecule is Cc1ncnc(N2CC3CN(Cc4noc(C5CC5)n4)CC3C2)c1C. The molecule has 0 bridgehead atoms. The van der Waals surface area contributed by atoms with Gasteiger partial charge >= 0.3 is 0 Å². The van der Waals surface area contributed by atoms with E-state index in [0.717, 1.165) is 56.0 Å². The summed E-state index contributed by atoms with van der Waals surface area (Å²) in [5, 5.41) is 4.16. The molecule has 132 valence electrons. The first-order valence-corrected chi connectivity index (χ1v) is 9.25. The van der Waals surface area contributed by atoms with E-state index in [-0.39, 0.29) is 0 Å². The van der Waals surface area contributed by atoms with E-state index in [9.17, 15) is 0 Å². The van der Waals surface area contributed by atoms with Gasteiger partial charge in [-0.25, -0.2) is 9.97 Å². The molecule has 0 aromatic carbocycles. The average molecular weight is 340 g/mol. The predicted octanol–water partition coefficient (Wildman–Crippen LogP) is 1.92. The highest BCUT2D eigenvalue weighted by atomic mass is 16.5. The maximum Gasteiger partial charge on any atom is 0.229 e. The molecule has 2 aromatic rings. The number of hydrogen-bond acceptors (Lipinski definition) is 7. The lowest BCUT2D eigenvalue weighted by Crippen LogP contribution is -2.30. The molecule has 3 aliphatic rings. The maximum absolute atomic E-state index is 5.38. The predicted molar refractivity (Wildman–Crippen MR) is 92.2 cm³/mol. The Balaban J connectivity index is 1.22. The summed E-state index contributed by atoms with van der Waals surface area (Å²) < 4.78 is 5.38. The second-order valence-corrected chi connectivity index (χ2v) is 7.85. The molecule has 0 spiro atoms. The Bertz CT molecular complexity index is 772. The third-order valence-corrected chi connectivity index (χ3v) is 5.95. The van der Waals surface area contributed by atoms with Gasteiger partial charge < -0.3 is 9.42 Å². The average Bonchev–Trinajstić information content (AvgIpc) is 3.03. The van der Waals surface area contributed by atoms with Crippen molar-refractivity contribution in [1.29, 1.82) is 0 Å². The summed E-state index contributed by atoms with van der Waals surface area (Å²) in [5.41, 5.74) is 2.28. The fraction of sp³-hybridized carbons (Fsp3) is 0.667. The summed E-state index contributed by atoms with van der Waals surface area (Å²) in [6.45, 7) is 9.37. The molecular formula is C18H24N6O. The molecule has 2 aliphatic heterocycles. The van der Waals surface area contributed by atoms with Gasteiger partial charge in [-0.05, 0) is 38.5 Å². The van der Waals surface area contributed by atoms with Crippen molar-refractivity contribution >= 4 is 5.82 Å². The van der Waals surface area contributed by atoms with Crippen molar-refractivity contribution < 1.29 is 4.52 Å². The molecule has 25 heavy (non-hydrogen) atoms. The van der Waals surface area contributed by atoms with Gasteiger partial charge in [-0.1, -0.05) is 5.16 Å². The minimum Gasteiger partial charge on any atom is -0.356 e. The smallest absolute Gasteiger partial charge is 0.229 e. The highest BCUT2D eigenvalue weighted by Gasteiger charge is 2.41. The number of fused-ring (bicyclic) bond motifs is 1. The normalized spacial score (nSPS) is 26.4. The van der Waals surface area contributed by atoms with Gasteiger partial charge in [0.1, 0.15) is 12.1 Å². The highest BCUT2D eigenvalue weighted by Crippen LogP contribution is 2.39. The van der Waals surface area contributed by atoms with Crippen molar-refractivity contribution in [3.8, 4) is 0 Å². The van der Waals surface area contributed by atoms with Crippen LogP contribution in [-0.2, 0) is 6.54 Å². The lowest BCUT2D eigenvalue weighted by Gasteiger charge is -2.23. The molecule has 3 fully saturated rings. The van der Waals surface area contributed by atoms with Gasteiger partial charge in [-0.3, -0.25) is 4.90 Å². The van der Waals surface area contributed by atoms with Crippen LogP contribution in [0.4, 0.5) is 5.82 Å². The molecule has 2 atom stereocenters. The molecule has 5 rings (SSSR count). The fourth-order valence-corrected chi connectivity index (χ4v) is 4.26.